The van der Waals surface area contributed by atoms with E-state index in [4.69, 9.17) is 9.47 Å². The van der Waals surface area contributed by atoms with Gasteiger partial charge in [0.25, 0.3) is 0 Å². The van der Waals surface area contributed by atoms with Crippen molar-refractivity contribution in [2.24, 2.45) is 0 Å². The molecule has 1 aliphatic rings. The fourth-order valence-electron chi connectivity index (χ4n) is 2.51. The van der Waals surface area contributed by atoms with Crippen LogP contribution in [0, 0.1) is 0 Å². The fraction of sp³-hybridized carbons (Fsp3) is 0.611. The maximum atomic E-state index is 12.0. The van der Waals surface area contributed by atoms with Gasteiger partial charge in [0.2, 0.25) is 0 Å². The molecule has 2 N–H and O–H groups in total. The number of hydrogen-bond donors (Lipinski definition) is 2. The molecule has 0 bridgehead atoms. The Morgan fingerprint density at radius 3 is 2.88 bits per heavy atom. The average molecular weight is 335 g/mol. The zero-order valence-electron chi connectivity index (χ0n) is 14.7. The third kappa shape index (κ3) is 7.29. The molecule has 1 saturated heterocycles. The minimum Gasteiger partial charge on any atom is -0.379 e. The van der Waals surface area contributed by atoms with Crippen LogP contribution in [0.25, 0.3) is 0 Å². The molecule has 6 nitrogen and oxygen atoms in total. The van der Waals surface area contributed by atoms with Gasteiger partial charge in [-0.05, 0) is 44.5 Å². The molecule has 6 heteroatoms. The third-order valence-corrected chi connectivity index (χ3v) is 3.81. The fourth-order valence-corrected chi connectivity index (χ4v) is 2.51. The Bertz CT molecular complexity index is 502. The van der Waals surface area contributed by atoms with Crippen LogP contribution in [0.2, 0.25) is 0 Å². The molecule has 0 aliphatic carbocycles. The smallest absolute Gasteiger partial charge is 0.319 e. The number of rotatable bonds is 8. The number of nitrogens with one attached hydrogen (secondary N) is 2. The van der Waals surface area contributed by atoms with E-state index in [1.807, 2.05) is 38.1 Å². The standard InChI is InChI=1S/C18H29N3O3/c1-15(2)24-14-16-5-3-6-17(13-16)20-18(22)19-7-4-8-21-9-11-23-12-10-21/h3,5-6,13,15H,4,7-12,14H2,1-2H3,(H2,19,20,22). The first-order valence-corrected chi connectivity index (χ1v) is 8.69. The normalized spacial score (nSPS) is 15.5. The summed E-state index contributed by atoms with van der Waals surface area (Å²) in [5, 5.41) is 5.77. The van der Waals surface area contributed by atoms with Crippen LogP contribution < -0.4 is 10.6 Å². The van der Waals surface area contributed by atoms with Crippen molar-refractivity contribution < 1.29 is 14.3 Å². The monoisotopic (exact) mass is 335 g/mol. The highest BCUT2D eigenvalue weighted by Crippen LogP contribution is 2.12. The second kappa shape index (κ2) is 10.3. The summed E-state index contributed by atoms with van der Waals surface area (Å²) < 4.78 is 10.9. The number of benzene rings is 1. The molecular weight excluding hydrogens is 306 g/mol. The van der Waals surface area contributed by atoms with Crippen LogP contribution in [0.5, 0.6) is 0 Å². The van der Waals surface area contributed by atoms with Gasteiger partial charge in [0.1, 0.15) is 0 Å². The molecule has 0 atom stereocenters. The van der Waals surface area contributed by atoms with Gasteiger partial charge in [-0.3, -0.25) is 4.90 Å². The van der Waals surface area contributed by atoms with Crippen LogP contribution in [0.3, 0.4) is 0 Å². The lowest BCUT2D eigenvalue weighted by atomic mass is 10.2. The summed E-state index contributed by atoms with van der Waals surface area (Å²) in [4.78, 5) is 14.3. The van der Waals surface area contributed by atoms with E-state index in [1.165, 1.54) is 0 Å². The number of amides is 2. The van der Waals surface area contributed by atoms with Crippen molar-refractivity contribution >= 4 is 11.7 Å². The number of urea groups is 1. The lowest BCUT2D eigenvalue weighted by Gasteiger charge is -2.26. The third-order valence-electron chi connectivity index (χ3n) is 3.81. The molecule has 0 aromatic heterocycles. The van der Waals surface area contributed by atoms with Gasteiger partial charge in [-0.1, -0.05) is 12.1 Å². The van der Waals surface area contributed by atoms with Gasteiger partial charge in [-0.25, -0.2) is 4.79 Å². The van der Waals surface area contributed by atoms with Gasteiger partial charge in [0.15, 0.2) is 0 Å². The Hall–Kier alpha value is -1.63. The molecule has 1 fully saturated rings. The van der Waals surface area contributed by atoms with Gasteiger partial charge in [0.05, 0.1) is 25.9 Å². The van der Waals surface area contributed by atoms with Crippen LogP contribution >= 0.6 is 0 Å². The lowest BCUT2D eigenvalue weighted by Crippen LogP contribution is -2.38. The molecule has 0 spiro atoms. The minimum absolute atomic E-state index is 0.168. The van der Waals surface area contributed by atoms with Gasteiger partial charge >= 0.3 is 6.03 Å². The van der Waals surface area contributed by atoms with E-state index in [2.05, 4.69) is 15.5 Å². The number of ether oxygens (including phenoxy) is 2. The SMILES string of the molecule is CC(C)OCc1cccc(NC(=O)NCCCN2CCOCC2)c1. The zero-order valence-corrected chi connectivity index (χ0v) is 14.7. The van der Waals surface area contributed by atoms with E-state index in [0.717, 1.165) is 50.5 Å². The molecule has 1 aliphatic heterocycles. The molecule has 0 radical (unpaired) electrons. The topological polar surface area (TPSA) is 62.8 Å². The predicted molar refractivity (Wildman–Crippen MR) is 95.3 cm³/mol. The van der Waals surface area contributed by atoms with Crippen molar-refractivity contribution in [1.82, 2.24) is 10.2 Å². The number of hydrogen-bond acceptors (Lipinski definition) is 4. The van der Waals surface area contributed by atoms with E-state index < -0.39 is 0 Å². The number of carbonyl (C=O) groups excluding carboxylic acids is 1. The van der Waals surface area contributed by atoms with Crippen LogP contribution in [0.4, 0.5) is 10.5 Å². The Labute approximate surface area is 144 Å². The summed E-state index contributed by atoms with van der Waals surface area (Å²) in [5.41, 5.74) is 1.83. The molecule has 24 heavy (non-hydrogen) atoms. The van der Waals surface area contributed by atoms with Gasteiger partial charge in [-0.15, -0.1) is 0 Å². The quantitative estimate of drug-likeness (QED) is 0.717. The van der Waals surface area contributed by atoms with Crippen molar-refractivity contribution in [2.75, 3.05) is 44.7 Å². The predicted octanol–water partition coefficient (Wildman–Crippen LogP) is 2.46. The van der Waals surface area contributed by atoms with Crippen molar-refractivity contribution in [3.8, 4) is 0 Å². The van der Waals surface area contributed by atoms with E-state index in [-0.39, 0.29) is 12.1 Å². The summed E-state index contributed by atoms with van der Waals surface area (Å²) in [6.45, 7) is 9.81. The van der Waals surface area contributed by atoms with Crippen molar-refractivity contribution in [1.29, 1.82) is 0 Å². The molecule has 134 valence electrons. The minimum atomic E-state index is -0.168. The maximum absolute atomic E-state index is 12.0. The molecule has 1 heterocycles. The molecule has 2 rings (SSSR count). The van der Waals surface area contributed by atoms with Gasteiger partial charge < -0.3 is 20.1 Å². The second-order valence-electron chi connectivity index (χ2n) is 6.25. The van der Waals surface area contributed by atoms with E-state index in [1.54, 1.807) is 0 Å². The maximum Gasteiger partial charge on any atom is 0.319 e. The van der Waals surface area contributed by atoms with Crippen molar-refractivity contribution in [3.05, 3.63) is 29.8 Å². The first-order chi connectivity index (χ1) is 11.6. The Balaban J connectivity index is 1.65. The highest BCUT2D eigenvalue weighted by atomic mass is 16.5. The molecule has 0 saturated carbocycles. The summed E-state index contributed by atoms with van der Waals surface area (Å²) in [5.74, 6) is 0. The summed E-state index contributed by atoms with van der Waals surface area (Å²) in [6.07, 6.45) is 1.13. The van der Waals surface area contributed by atoms with Crippen LogP contribution in [-0.2, 0) is 16.1 Å². The Morgan fingerprint density at radius 1 is 1.33 bits per heavy atom. The average Bonchev–Trinajstić information content (AvgIpc) is 2.58. The summed E-state index contributed by atoms with van der Waals surface area (Å²) in [7, 11) is 0. The number of nitrogens with zero attached hydrogens (tertiary/aromatic N) is 1. The highest BCUT2D eigenvalue weighted by Gasteiger charge is 2.09. The van der Waals surface area contributed by atoms with Crippen molar-refractivity contribution in [2.45, 2.75) is 33.0 Å². The first-order valence-electron chi connectivity index (χ1n) is 8.69. The number of anilines is 1. The van der Waals surface area contributed by atoms with Crippen molar-refractivity contribution in [3.63, 3.8) is 0 Å². The first kappa shape index (κ1) is 18.7. The number of morpholine rings is 1. The van der Waals surface area contributed by atoms with E-state index in [9.17, 15) is 4.79 Å². The second-order valence-corrected chi connectivity index (χ2v) is 6.25. The lowest BCUT2D eigenvalue weighted by molar-refractivity contribution is 0.0375. The van der Waals surface area contributed by atoms with Gasteiger partial charge in [0, 0.05) is 25.3 Å². The number of carbonyl (C=O) groups is 1. The Morgan fingerprint density at radius 2 is 2.12 bits per heavy atom. The molecule has 1 aromatic carbocycles. The zero-order chi connectivity index (χ0) is 17.2. The largest absolute Gasteiger partial charge is 0.379 e. The van der Waals surface area contributed by atoms with Crippen LogP contribution in [0.1, 0.15) is 25.8 Å². The highest BCUT2D eigenvalue weighted by molar-refractivity contribution is 5.89. The molecule has 1 aromatic rings. The molecular formula is C18H29N3O3. The molecule has 2 amide bonds. The molecule has 0 unspecified atom stereocenters. The summed E-state index contributed by atoms with van der Waals surface area (Å²) in [6, 6.07) is 7.57. The Kier molecular flexibility index (Phi) is 8.01. The van der Waals surface area contributed by atoms with Gasteiger partial charge in [-0.2, -0.15) is 0 Å². The van der Waals surface area contributed by atoms with Crippen LogP contribution in [0.15, 0.2) is 24.3 Å². The van der Waals surface area contributed by atoms with E-state index >= 15 is 0 Å². The summed E-state index contributed by atoms with van der Waals surface area (Å²) >= 11 is 0. The van der Waals surface area contributed by atoms with E-state index in [0.29, 0.717) is 13.2 Å². The van der Waals surface area contributed by atoms with Crippen LogP contribution in [-0.4, -0.2) is 56.4 Å².